The van der Waals surface area contributed by atoms with Gasteiger partial charge in [0, 0.05) is 13.1 Å². The van der Waals surface area contributed by atoms with E-state index >= 15 is 0 Å². The summed E-state index contributed by atoms with van der Waals surface area (Å²) >= 11 is 0. The lowest BCUT2D eigenvalue weighted by atomic mass is 9.88. The maximum absolute atomic E-state index is 11.0. The second kappa shape index (κ2) is 2.98. The number of nitrogens with zero attached hydrogens (tertiary/aromatic N) is 2. The van der Waals surface area contributed by atoms with Crippen LogP contribution in [-0.2, 0) is 5.41 Å². The normalized spacial score (nSPS) is 11.8. The summed E-state index contributed by atoms with van der Waals surface area (Å²) in [5, 5.41) is 4.14. The van der Waals surface area contributed by atoms with E-state index in [9.17, 15) is 4.79 Å². The highest BCUT2D eigenvalue weighted by molar-refractivity contribution is 5.75. The van der Waals surface area contributed by atoms with Gasteiger partial charge in [-0.1, -0.05) is 20.8 Å². The van der Waals surface area contributed by atoms with Gasteiger partial charge in [-0.3, -0.25) is 4.79 Å². The van der Waals surface area contributed by atoms with Crippen molar-refractivity contribution in [2.24, 2.45) is 0 Å². The molecule has 0 bridgehead atoms. The van der Waals surface area contributed by atoms with Gasteiger partial charge in [-0.25, -0.2) is 4.68 Å². The third-order valence-electron chi connectivity index (χ3n) is 2.03. The monoisotopic (exact) mass is 180 g/mol. The van der Waals surface area contributed by atoms with E-state index in [1.54, 1.807) is 0 Å². The molecule has 3 heteroatoms. The van der Waals surface area contributed by atoms with Crippen LogP contribution in [0.3, 0.4) is 0 Å². The molecular formula is C10H16N2O. The molecule has 0 spiro atoms. The molecule has 1 heterocycles. The average Bonchev–Trinajstić information content (AvgIpc) is 2.29. The highest BCUT2D eigenvalue weighted by atomic mass is 16.2. The first-order chi connectivity index (χ1) is 5.82. The minimum Gasteiger partial charge on any atom is -0.273 e. The number of carbonyl (C=O) groups is 1. The number of aromatic nitrogens is 2. The zero-order valence-corrected chi connectivity index (χ0v) is 8.88. The van der Waals surface area contributed by atoms with E-state index in [1.165, 1.54) is 11.6 Å². The van der Waals surface area contributed by atoms with Crippen LogP contribution in [0.25, 0.3) is 0 Å². The van der Waals surface area contributed by atoms with Crippen molar-refractivity contribution in [2.75, 3.05) is 0 Å². The minimum absolute atomic E-state index is 0.0430. The molecule has 0 aliphatic rings. The Labute approximate surface area is 78.8 Å². The number of rotatable bonds is 0. The highest BCUT2D eigenvalue weighted by Gasteiger charge is 2.19. The van der Waals surface area contributed by atoms with E-state index < -0.39 is 0 Å². The number of aryl methyl sites for hydroxylation is 1. The zero-order valence-electron chi connectivity index (χ0n) is 8.88. The van der Waals surface area contributed by atoms with Gasteiger partial charge in [0.2, 0.25) is 5.91 Å². The van der Waals surface area contributed by atoms with Crippen molar-refractivity contribution in [1.29, 1.82) is 0 Å². The third kappa shape index (κ3) is 1.97. The summed E-state index contributed by atoms with van der Waals surface area (Å²) in [6, 6.07) is 0. The van der Waals surface area contributed by atoms with Gasteiger partial charge >= 0.3 is 0 Å². The van der Waals surface area contributed by atoms with Crippen molar-refractivity contribution in [3.63, 3.8) is 0 Å². The summed E-state index contributed by atoms with van der Waals surface area (Å²) in [5.41, 5.74) is 2.11. The van der Waals surface area contributed by atoms with Crippen LogP contribution in [0, 0.1) is 6.92 Å². The van der Waals surface area contributed by atoms with Crippen LogP contribution in [0.5, 0.6) is 0 Å². The maximum Gasteiger partial charge on any atom is 0.243 e. The molecule has 0 aliphatic carbocycles. The van der Waals surface area contributed by atoms with Crippen LogP contribution >= 0.6 is 0 Å². The standard InChI is InChI=1S/C10H16N2O/c1-7-9(10(3,4)5)6-12(11-7)8(2)13/h6H,1-5H3. The summed E-state index contributed by atoms with van der Waals surface area (Å²) in [6.45, 7) is 9.78. The van der Waals surface area contributed by atoms with E-state index in [0.29, 0.717) is 0 Å². The Kier molecular flexibility index (Phi) is 2.28. The summed E-state index contributed by atoms with van der Waals surface area (Å²) in [5.74, 6) is -0.0430. The van der Waals surface area contributed by atoms with Crippen LogP contribution < -0.4 is 0 Å². The van der Waals surface area contributed by atoms with Crippen LogP contribution in [0.1, 0.15) is 43.7 Å². The lowest BCUT2D eigenvalue weighted by Crippen LogP contribution is -2.11. The van der Waals surface area contributed by atoms with Crippen molar-refractivity contribution in [1.82, 2.24) is 9.78 Å². The van der Waals surface area contributed by atoms with Crippen molar-refractivity contribution in [3.8, 4) is 0 Å². The Hall–Kier alpha value is -1.12. The molecule has 0 saturated heterocycles. The van der Waals surface area contributed by atoms with Crippen molar-refractivity contribution in [2.45, 2.75) is 40.0 Å². The summed E-state index contributed by atoms with van der Waals surface area (Å²) in [7, 11) is 0. The first kappa shape index (κ1) is 9.96. The smallest absolute Gasteiger partial charge is 0.243 e. The van der Waals surface area contributed by atoms with E-state index in [2.05, 4.69) is 25.9 Å². The predicted octanol–water partition coefficient (Wildman–Crippen LogP) is 2.15. The first-order valence-corrected chi connectivity index (χ1v) is 4.40. The van der Waals surface area contributed by atoms with Crippen molar-refractivity contribution < 1.29 is 4.79 Å². The molecular weight excluding hydrogens is 164 g/mol. The molecule has 1 rings (SSSR count). The van der Waals surface area contributed by atoms with Crippen LogP contribution in [0.15, 0.2) is 6.20 Å². The fourth-order valence-corrected chi connectivity index (χ4v) is 1.36. The third-order valence-corrected chi connectivity index (χ3v) is 2.03. The highest BCUT2D eigenvalue weighted by Crippen LogP contribution is 2.24. The van der Waals surface area contributed by atoms with Gasteiger partial charge in [0.25, 0.3) is 0 Å². The molecule has 13 heavy (non-hydrogen) atoms. The summed E-state index contributed by atoms with van der Waals surface area (Å²) < 4.78 is 1.40. The molecule has 0 saturated carbocycles. The topological polar surface area (TPSA) is 34.9 Å². The van der Waals surface area contributed by atoms with E-state index in [-0.39, 0.29) is 11.3 Å². The molecule has 0 amide bonds. The average molecular weight is 180 g/mol. The van der Waals surface area contributed by atoms with Gasteiger partial charge in [-0.15, -0.1) is 0 Å². The molecule has 0 unspecified atom stereocenters. The molecule has 72 valence electrons. The summed E-state index contributed by atoms with van der Waals surface area (Å²) in [6.07, 6.45) is 1.82. The van der Waals surface area contributed by atoms with Gasteiger partial charge in [0.15, 0.2) is 0 Å². The second-order valence-electron chi connectivity index (χ2n) is 4.34. The molecule has 0 N–H and O–H groups in total. The largest absolute Gasteiger partial charge is 0.273 e. The number of hydrogen-bond acceptors (Lipinski definition) is 2. The molecule has 0 aliphatic heterocycles. The lowest BCUT2D eigenvalue weighted by molar-refractivity contribution is 0.0920. The molecule has 1 aromatic rings. The maximum atomic E-state index is 11.0. The van der Waals surface area contributed by atoms with Crippen LogP contribution in [0.2, 0.25) is 0 Å². The Morgan fingerprint density at radius 3 is 2.23 bits per heavy atom. The second-order valence-corrected chi connectivity index (χ2v) is 4.34. The number of carbonyl (C=O) groups excluding carboxylic acids is 1. The van der Waals surface area contributed by atoms with Gasteiger partial charge in [-0.05, 0) is 17.9 Å². The van der Waals surface area contributed by atoms with Crippen LogP contribution in [0.4, 0.5) is 0 Å². The fourth-order valence-electron chi connectivity index (χ4n) is 1.36. The molecule has 0 aromatic carbocycles. The molecule has 0 atom stereocenters. The van der Waals surface area contributed by atoms with Crippen molar-refractivity contribution in [3.05, 3.63) is 17.5 Å². The van der Waals surface area contributed by atoms with Crippen LogP contribution in [-0.4, -0.2) is 15.7 Å². The Morgan fingerprint density at radius 1 is 1.46 bits per heavy atom. The van der Waals surface area contributed by atoms with Gasteiger partial charge < -0.3 is 0 Å². The Morgan fingerprint density at radius 2 is 2.00 bits per heavy atom. The predicted molar refractivity (Wildman–Crippen MR) is 52.0 cm³/mol. The van der Waals surface area contributed by atoms with E-state index in [4.69, 9.17) is 0 Å². The Bertz CT molecular complexity index is 331. The first-order valence-electron chi connectivity index (χ1n) is 4.40. The SMILES string of the molecule is CC(=O)n1cc(C(C)(C)C)c(C)n1. The number of hydrogen-bond donors (Lipinski definition) is 0. The fraction of sp³-hybridized carbons (Fsp3) is 0.600. The minimum atomic E-state index is -0.0430. The van der Waals surface area contributed by atoms with Gasteiger partial charge in [-0.2, -0.15) is 5.10 Å². The van der Waals surface area contributed by atoms with E-state index in [1.807, 2.05) is 13.1 Å². The Balaban J connectivity index is 3.18. The quantitative estimate of drug-likeness (QED) is 0.613. The molecule has 3 nitrogen and oxygen atoms in total. The summed E-state index contributed by atoms with van der Waals surface area (Å²) in [4.78, 5) is 11.0. The lowest BCUT2D eigenvalue weighted by Gasteiger charge is -2.16. The molecule has 1 aromatic heterocycles. The van der Waals surface area contributed by atoms with Gasteiger partial charge in [0.05, 0.1) is 5.69 Å². The van der Waals surface area contributed by atoms with Gasteiger partial charge in [0.1, 0.15) is 0 Å². The molecule has 0 radical (unpaired) electrons. The zero-order chi connectivity index (χ0) is 10.2. The van der Waals surface area contributed by atoms with Crippen molar-refractivity contribution >= 4 is 5.91 Å². The molecule has 0 fully saturated rings. The van der Waals surface area contributed by atoms with E-state index in [0.717, 1.165) is 11.3 Å².